The van der Waals surface area contributed by atoms with Gasteiger partial charge in [0.1, 0.15) is 0 Å². The first-order valence-corrected chi connectivity index (χ1v) is 6.24. The minimum Gasteiger partial charge on any atom is -0.372 e. The molecule has 0 saturated heterocycles. The number of nitrogens with two attached hydrogens (primary N) is 1. The predicted octanol–water partition coefficient (Wildman–Crippen LogP) is 2.95. The summed E-state index contributed by atoms with van der Waals surface area (Å²) in [6.07, 6.45) is 2.13. The molecule has 0 radical (unpaired) electrons. The van der Waals surface area contributed by atoms with Crippen molar-refractivity contribution in [2.24, 2.45) is 5.73 Å². The largest absolute Gasteiger partial charge is 0.372 e. The van der Waals surface area contributed by atoms with Crippen molar-refractivity contribution in [1.82, 2.24) is 0 Å². The average molecular weight is 220 g/mol. The fraction of sp³-hybridized carbons (Fsp3) is 0.571. The molecule has 0 aromatic heterocycles. The van der Waals surface area contributed by atoms with E-state index in [2.05, 4.69) is 49.9 Å². The van der Waals surface area contributed by atoms with Crippen LogP contribution in [0.5, 0.6) is 0 Å². The van der Waals surface area contributed by atoms with Gasteiger partial charge in [-0.15, -0.1) is 0 Å². The monoisotopic (exact) mass is 220 g/mol. The molecule has 1 unspecified atom stereocenters. The van der Waals surface area contributed by atoms with Crippen molar-refractivity contribution in [3.8, 4) is 0 Å². The molecule has 1 aromatic carbocycles. The Morgan fingerprint density at radius 2 is 2.06 bits per heavy atom. The molecule has 90 valence electrons. The Bertz CT molecular complexity index is 309. The van der Waals surface area contributed by atoms with Crippen LogP contribution in [0.2, 0.25) is 0 Å². The average Bonchev–Trinajstić information content (AvgIpc) is 2.29. The van der Waals surface area contributed by atoms with Crippen molar-refractivity contribution in [3.05, 3.63) is 29.8 Å². The summed E-state index contributed by atoms with van der Waals surface area (Å²) in [6.45, 7) is 8.57. The Kier molecular flexibility index (Phi) is 5.33. The van der Waals surface area contributed by atoms with Gasteiger partial charge < -0.3 is 10.6 Å². The van der Waals surface area contributed by atoms with Crippen LogP contribution in [-0.2, 0) is 0 Å². The van der Waals surface area contributed by atoms with Gasteiger partial charge in [-0.2, -0.15) is 0 Å². The molecule has 0 fully saturated rings. The van der Waals surface area contributed by atoms with E-state index in [9.17, 15) is 0 Å². The topological polar surface area (TPSA) is 29.3 Å². The summed E-state index contributed by atoms with van der Waals surface area (Å²) in [4.78, 5) is 2.39. The van der Waals surface area contributed by atoms with Gasteiger partial charge in [-0.3, -0.25) is 0 Å². The number of nitrogens with zero attached hydrogens (tertiary/aromatic N) is 1. The maximum Gasteiger partial charge on any atom is 0.0368 e. The van der Waals surface area contributed by atoms with E-state index < -0.39 is 0 Å². The van der Waals surface area contributed by atoms with Gasteiger partial charge in [-0.1, -0.05) is 19.1 Å². The quantitative estimate of drug-likeness (QED) is 0.798. The second-order valence-corrected chi connectivity index (χ2v) is 4.38. The Morgan fingerprint density at radius 3 is 2.62 bits per heavy atom. The van der Waals surface area contributed by atoms with E-state index in [1.165, 1.54) is 11.3 Å². The summed E-state index contributed by atoms with van der Waals surface area (Å²) in [5.41, 5.74) is 8.58. The summed E-state index contributed by atoms with van der Waals surface area (Å²) in [5.74, 6) is 0. The van der Waals surface area contributed by atoms with Gasteiger partial charge in [0.2, 0.25) is 0 Å². The third-order valence-electron chi connectivity index (χ3n) is 3.04. The molecule has 16 heavy (non-hydrogen) atoms. The molecule has 1 atom stereocenters. The van der Waals surface area contributed by atoms with E-state index in [0.717, 1.165) is 25.9 Å². The Labute approximate surface area is 99.5 Å². The smallest absolute Gasteiger partial charge is 0.0368 e. The molecule has 0 heterocycles. The first-order valence-electron chi connectivity index (χ1n) is 6.24. The molecular formula is C14H24N2. The SMILES string of the molecule is CCC(N)CCN(CC)c1cccc(C)c1. The minimum absolute atomic E-state index is 0.332. The first kappa shape index (κ1) is 13.0. The highest BCUT2D eigenvalue weighted by Gasteiger charge is 2.06. The summed E-state index contributed by atoms with van der Waals surface area (Å²) >= 11 is 0. The molecule has 0 spiro atoms. The first-order chi connectivity index (χ1) is 7.67. The zero-order valence-corrected chi connectivity index (χ0v) is 10.7. The lowest BCUT2D eigenvalue weighted by Gasteiger charge is -2.24. The summed E-state index contributed by atoms with van der Waals surface area (Å²) in [5, 5.41) is 0. The van der Waals surface area contributed by atoms with Crippen molar-refractivity contribution in [2.45, 2.75) is 39.7 Å². The van der Waals surface area contributed by atoms with Gasteiger partial charge in [-0.25, -0.2) is 0 Å². The van der Waals surface area contributed by atoms with Crippen LogP contribution in [0.3, 0.4) is 0 Å². The molecule has 2 N–H and O–H groups in total. The molecule has 0 aliphatic rings. The molecular weight excluding hydrogens is 196 g/mol. The Hall–Kier alpha value is -1.02. The molecule has 0 amide bonds. The maximum atomic E-state index is 5.96. The van der Waals surface area contributed by atoms with Crippen LogP contribution in [0.25, 0.3) is 0 Å². The number of aryl methyl sites for hydroxylation is 1. The second-order valence-electron chi connectivity index (χ2n) is 4.38. The molecule has 0 aliphatic carbocycles. The van der Waals surface area contributed by atoms with Crippen LogP contribution in [0.15, 0.2) is 24.3 Å². The highest BCUT2D eigenvalue weighted by Crippen LogP contribution is 2.16. The van der Waals surface area contributed by atoms with Gasteiger partial charge in [-0.05, 0) is 44.4 Å². The van der Waals surface area contributed by atoms with E-state index in [1.807, 2.05) is 0 Å². The Balaban J connectivity index is 2.60. The van der Waals surface area contributed by atoms with E-state index in [1.54, 1.807) is 0 Å². The van der Waals surface area contributed by atoms with Crippen molar-refractivity contribution < 1.29 is 0 Å². The van der Waals surface area contributed by atoms with Crippen molar-refractivity contribution >= 4 is 5.69 Å². The van der Waals surface area contributed by atoms with Gasteiger partial charge >= 0.3 is 0 Å². The van der Waals surface area contributed by atoms with Gasteiger partial charge in [0.15, 0.2) is 0 Å². The van der Waals surface area contributed by atoms with E-state index in [0.29, 0.717) is 6.04 Å². The van der Waals surface area contributed by atoms with Crippen LogP contribution in [-0.4, -0.2) is 19.1 Å². The molecule has 1 rings (SSSR count). The molecule has 0 saturated carbocycles. The maximum absolute atomic E-state index is 5.96. The van der Waals surface area contributed by atoms with Crippen molar-refractivity contribution in [3.63, 3.8) is 0 Å². The van der Waals surface area contributed by atoms with Crippen molar-refractivity contribution in [1.29, 1.82) is 0 Å². The second kappa shape index (κ2) is 6.54. The minimum atomic E-state index is 0.332. The summed E-state index contributed by atoms with van der Waals surface area (Å²) in [7, 11) is 0. The van der Waals surface area contributed by atoms with E-state index in [4.69, 9.17) is 5.73 Å². The lowest BCUT2D eigenvalue weighted by molar-refractivity contribution is 0.586. The fourth-order valence-corrected chi connectivity index (χ4v) is 1.82. The van der Waals surface area contributed by atoms with Crippen molar-refractivity contribution in [2.75, 3.05) is 18.0 Å². The molecule has 0 aliphatic heterocycles. The number of rotatable bonds is 6. The molecule has 0 bridgehead atoms. The highest BCUT2D eigenvalue weighted by atomic mass is 15.1. The lowest BCUT2D eigenvalue weighted by Crippen LogP contribution is -2.30. The highest BCUT2D eigenvalue weighted by molar-refractivity contribution is 5.48. The van der Waals surface area contributed by atoms with Gasteiger partial charge in [0.25, 0.3) is 0 Å². The lowest BCUT2D eigenvalue weighted by atomic mass is 10.1. The fourth-order valence-electron chi connectivity index (χ4n) is 1.82. The van der Waals surface area contributed by atoms with Gasteiger partial charge in [0, 0.05) is 24.8 Å². The zero-order valence-electron chi connectivity index (χ0n) is 10.7. The number of benzene rings is 1. The zero-order chi connectivity index (χ0) is 12.0. The number of anilines is 1. The van der Waals surface area contributed by atoms with Crippen LogP contribution in [0, 0.1) is 6.92 Å². The normalized spacial score (nSPS) is 12.5. The standard InChI is InChI=1S/C14H24N2/c1-4-13(15)9-10-16(5-2)14-8-6-7-12(3)11-14/h6-8,11,13H,4-5,9-10,15H2,1-3H3. The van der Waals surface area contributed by atoms with Crippen LogP contribution in [0.1, 0.15) is 32.3 Å². The summed E-state index contributed by atoms with van der Waals surface area (Å²) in [6, 6.07) is 9.00. The van der Waals surface area contributed by atoms with Crippen LogP contribution >= 0.6 is 0 Å². The van der Waals surface area contributed by atoms with Gasteiger partial charge in [0.05, 0.1) is 0 Å². The predicted molar refractivity (Wildman–Crippen MR) is 71.9 cm³/mol. The number of hydrogen-bond donors (Lipinski definition) is 1. The molecule has 2 heteroatoms. The summed E-state index contributed by atoms with van der Waals surface area (Å²) < 4.78 is 0. The number of hydrogen-bond acceptors (Lipinski definition) is 2. The molecule has 2 nitrogen and oxygen atoms in total. The molecule has 1 aromatic rings. The van der Waals surface area contributed by atoms with E-state index in [-0.39, 0.29) is 0 Å². The third kappa shape index (κ3) is 3.86. The third-order valence-corrected chi connectivity index (χ3v) is 3.04. The van der Waals surface area contributed by atoms with Crippen LogP contribution in [0.4, 0.5) is 5.69 Å². The Morgan fingerprint density at radius 1 is 1.31 bits per heavy atom. The van der Waals surface area contributed by atoms with E-state index >= 15 is 0 Å². The van der Waals surface area contributed by atoms with Crippen LogP contribution < -0.4 is 10.6 Å².